The monoisotopic (exact) mass is 664 g/mol. The summed E-state index contributed by atoms with van der Waals surface area (Å²) in [6.45, 7) is 6.66. The Labute approximate surface area is 274 Å². The van der Waals surface area contributed by atoms with Crippen LogP contribution in [0.15, 0.2) is 11.6 Å². The number of carbonyl (C=O) groups is 6. The molecule has 12 nitrogen and oxygen atoms in total. The van der Waals surface area contributed by atoms with Gasteiger partial charge in [-0.05, 0) is 73.7 Å². The third-order valence-corrected chi connectivity index (χ3v) is 11.9. The molecule has 13 heteroatoms. The van der Waals surface area contributed by atoms with Crippen LogP contribution in [0.2, 0.25) is 0 Å². The maximum atomic E-state index is 13.5. The molecule has 4 aliphatic carbocycles. The normalized spacial score (nSPS) is 34.7. The Morgan fingerprint density at radius 2 is 1.76 bits per heavy atom. The second-order valence-corrected chi connectivity index (χ2v) is 14.8. The highest BCUT2D eigenvalue weighted by molar-refractivity contribution is 7.80. The lowest BCUT2D eigenvalue weighted by molar-refractivity contribution is -0.184. The second kappa shape index (κ2) is 13.8. The van der Waals surface area contributed by atoms with E-state index in [0.717, 1.165) is 18.4 Å². The molecule has 2 amide bonds. The maximum Gasteiger partial charge on any atom is 0.327 e. The number of esters is 1. The molecule has 0 heterocycles. The van der Waals surface area contributed by atoms with Crippen molar-refractivity contribution in [2.45, 2.75) is 109 Å². The van der Waals surface area contributed by atoms with E-state index in [2.05, 4.69) is 30.2 Å². The fraction of sp³-hybridized carbons (Fsp3) is 0.758. The Bertz CT molecular complexity index is 1300. The lowest BCUT2D eigenvalue weighted by Gasteiger charge is -2.60. The third-order valence-electron chi connectivity index (χ3n) is 11.5. The number of nitrogens with one attached hydrogen (secondary N) is 2. The molecule has 0 aliphatic heterocycles. The lowest BCUT2D eigenvalue weighted by Crippen LogP contribution is -2.62. The van der Waals surface area contributed by atoms with Gasteiger partial charge < -0.3 is 30.7 Å². The first kappa shape index (κ1) is 36.1. The van der Waals surface area contributed by atoms with Crippen LogP contribution >= 0.6 is 12.6 Å². The van der Waals surface area contributed by atoms with E-state index >= 15 is 0 Å². The van der Waals surface area contributed by atoms with Gasteiger partial charge in [-0.3, -0.25) is 24.0 Å². The zero-order chi connectivity index (χ0) is 34.2. The number of carboxylic acids is 1. The van der Waals surface area contributed by atoms with Crippen LogP contribution in [-0.2, 0) is 33.5 Å². The molecule has 0 aromatic heterocycles. The summed E-state index contributed by atoms with van der Waals surface area (Å²) < 4.78 is 5.20. The number of ketones is 2. The molecule has 5 N–H and O–H groups in total. The Morgan fingerprint density at radius 1 is 1.07 bits per heavy atom. The minimum atomic E-state index is -1.79. The van der Waals surface area contributed by atoms with Gasteiger partial charge in [0.2, 0.25) is 17.6 Å². The van der Waals surface area contributed by atoms with Crippen molar-refractivity contribution in [3.63, 3.8) is 0 Å². The Balaban J connectivity index is 1.33. The van der Waals surface area contributed by atoms with Gasteiger partial charge in [-0.1, -0.05) is 33.3 Å². The first-order valence-corrected chi connectivity index (χ1v) is 16.9. The number of hydrogen-bond donors (Lipinski definition) is 6. The van der Waals surface area contributed by atoms with Gasteiger partial charge in [0.05, 0.1) is 12.5 Å². The van der Waals surface area contributed by atoms with Gasteiger partial charge in [-0.2, -0.15) is 12.6 Å². The topological polar surface area (TPSA) is 196 Å². The fourth-order valence-corrected chi connectivity index (χ4v) is 9.18. The molecule has 3 saturated carbocycles. The highest BCUT2D eigenvalue weighted by Crippen LogP contribution is 2.67. The summed E-state index contributed by atoms with van der Waals surface area (Å²) in [5.74, 6) is -4.45. The second-order valence-electron chi connectivity index (χ2n) is 14.4. The van der Waals surface area contributed by atoms with Crippen molar-refractivity contribution in [3.05, 3.63) is 11.6 Å². The molecule has 4 aliphatic rings. The average molecular weight is 665 g/mol. The zero-order valence-corrected chi connectivity index (χ0v) is 27.9. The first-order valence-electron chi connectivity index (χ1n) is 16.2. The predicted molar refractivity (Wildman–Crippen MR) is 168 cm³/mol. The van der Waals surface area contributed by atoms with Gasteiger partial charge >= 0.3 is 11.9 Å². The number of allylic oxidation sites excluding steroid dienone is 1. The van der Waals surface area contributed by atoms with E-state index in [1.54, 1.807) is 19.9 Å². The number of carboxylic acid groups (broad SMARTS) is 1. The summed E-state index contributed by atoms with van der Waals surface area (Å²) >= 11 is 3.92. The molecule has 0 saturated heterocycles. The summed E-state index contributed by atoms with van der Waals surface area (Å²) in [6, 6.07) is -2.27. The van der Waals surface area contributed by atoms with Gasteiger partial charge in [-0.15, -0.1) is 0 Å². The van der Waals surface area contributed by atoms with Crippen molar-refractivity contribution in [1.29, 1.82) is 0 Å². The molecular formula is C33H48N2O10S. The van der Waals surface area contributed by atoms with Crippen LogP contribution in [-0.4, -0.2) is 86.8 Å². The minimum absolute atomic E-state index is 0.0186. The van der Waals surface area contributed by atoms with Crippen LogP contribution in [0, 0.1) is 34.5 Å². The molecule has 256 valence electrons. The summed E-state index contributed by atoms with van der Waals surface area (Å²) in [6.07, 6.45) is 3.94. The number of rotatable bonds is 12. The minimum Gasteiger partial charge on any atom is -0.480 e. The molecule has 0 bridgehead atoms. The number of carbonyl (C=O) groups excluding carboxylic acids is 5. The first-order chi connectivity index (χ1) is 21.5. The van der Waals surface area contributed by atoms with Gasteiger partial charge in [0.15, 0.2) is 12.4 Å². The number of amides is 2. The summed E-state index contributed by atoms with van der Waals surface area (Å²) in [7, 11) is 0. The van der Waals surface area contributed by atoms with E-state index in [-0.39, 0.29) is 66.3 Å². The SMILES string of the molecule is CC(C)[C@H](NC(=O)CCC(=O)OCC(=O)[C@@]1(O)CC[C@H]2[C@@H]3CCC4=CC(=O)CC[C@]4(C)[C@H]3[C@@H](O)C[C@@]21C)C(=O)N[C@@H](CS)C(=O)O. The van der Waals surface area contributed by atoms with Gasteiger partial charge in [0.25, 0.3) is 0 Å². The number of fused-ring (bicyclic) bond motifs is 5. The van der Waals surface area contributed by atoms with Crippen LogP contribution in [0.3, 0.4) is 0 Å². The molecular weight excluding hydrogens is 616 g/mol. The third kappa shape index (κ3) is 6.64. The quantitative estimate of drug-likeness (QED) is 0.132. The number of aliphatic hydroxyl groups excluding tert-OH is 1. The van der Waals surface area contributed by atoms with Crippen LogP contribution < -0.4 is 10.6 Å². The van der Waals surface area contributed by atoms with Crippen molar-refractivity contribution < 1.29 is 48.8 Å². The molecule has 0 spiro atoms. The van der Waals surface area contributed by atoms with Crippen LogP contribution in [0.4, 0.5) is 0 Å². The Kier molecular flexibility index (Phi) is 10.8. The van der Waals surface area contributed by atoms with Gasteiger partial charge in [0, 0.05) is 24.0 Å². The molecule has 0 unspecified atom stereocenters. The highest BCUT2D eigenvalue weighted by Gasteiger charge is 2.68. The maximum absolute atomic E-state index is 13.5. The molecule has 0 aromatic carbocycles. The number of Topliss-reactive ketones (excluding diaryl/α,β-unsaturated/α-hetero) is 1. The highest BCUT2D eigenvalue weighted by atomic mass is 32.1. The number of hydrogen-bond acceptors (Lipinski definition) is 10. The van der Waals surface area contributed by atoms with Crippen molar-refractivity contribution in [3.8, 4) is 0 Å². The van der Waals surface area contributed by atoms with E-state index in [0.29, 0.717) is 19.3 Å². The Morgan fingerprint density at radius 3 is 2.39 bits per heavy atom. The Hall–Kier alpha value is -2.77. The van der Waals surface area contributed by atoms with Crippen molar-refractivity contribution in [2.24, 2.45) is 34.5 Å². The van der Waals surface area contributed by atoms with E-state index < -0.39 is 65.3 Å². The summed E-state index contributed by atoms with van der Waals surface area (Å²) in [5.41, 5.74) is -1.91. The van der Waals surface area contributed by atoms with Gasteiger partial charge in [-0.25, -0.2) is 4.79 Å². The average Bonchev–Trinajstić information content (AvgIpc) is 3.26. The zero-order valence-electron chi connectivity index (χ0n) is 27.0. The summed E-state index contributed by atoms with van der Waals surface area (Å²) in [5, 5.41) is 37.4. The predicted octanol–water partition coefficient (Wildman–Crippen LogP) is 1.75. The van der Waals surface area contributed by atoms with Crippen molar-refractivity contribution in [1.82, 2.24) is 10.6 Å². The smallest absolute Gasteiger partial charge is 0.327 e. The van der Waals surface area contributed by atoms with E-state index in [1.165, 1.54) is 0 Å². The molecule has 9 atom stereocenters. The number of aliphatic hydroxyl groups is 2. The molecule has 0 aromatic rings. The molecule has 3 fully saturated rings. The van der Waals surface area contributed by atoms with Crippen molar-refractivity contribution >= 4 is 47.9 Å². The van der Waals surface area contributed by atoms with Crippen LogP contribution in [0.25, 0.3) is 0 Å². The van der Waals surface area contributed by atoms with E-state index in [9.17, 15) is 39.0 Å². The van der Waals surface area contributed by atoms with Crippen molar-refractivity contribution in [2.75, 3.05) is 12.4 Å². The van der Waals surface area contributed by atoms with Gasteiger partial charge in [0.1, 0.15) is 17.7 Å². The number of ether oxygens (including phenoxy) is 1. The lowest BCUT2D eigenvalue weighted by atomic mass is 9.45. The summed E-state index contributed by atoms with van der Waals surface area (Å²) in [4.78, 5) is 74.5. The largest absolute Gasteiger partial charge is 0.480 e. The van der Waals surface area contributed by atoms with Crippen LogP contribution in [0.5, 0.6) is 0 Å². The molecule has 4 rings (SSSR count). The van der Waals surface area contributed by atoms with E-state index in [4.69, 9.17) is 9.84 Å². The number of aliphatic carboxylic acids is 1. The fourth-order valence-electron chi connectivity index (χ4n) is 8.93. The standard InChI is InChI=1S/C33H48N2O10S/c1-17(2)28(29(41)34-22(16-46)30(42)43)35-25(39)7-8-26(40)45-15-24(38)33(44)12-10-21-20-6-5-18-13-19(36)9-11-31(18,3)27(20)23(37)14-32(21,33)4/h13,17,20-23,27-28,37,44,46H,5-12,14-16H2,1-4H3,(H,34,41)(H,35,39)(H,42,43)/t20-,21-,22-,23-,27+,28-,31-,32-,33-/m0/s1. The molecule has 0 radical (unpaired) electrons. The molecule has 46 heavy (non-hydrogen) atoms. The number of thiol groups is 1. The van der Waals surface area contributed by atoms with E-state index in [1.807, 2.05) is 6.92 Å². The van der Waals surface area contributed by atoms with Crippen LogP contribution in [0.1, 0.15) is 85.5 Å².